The number of fused-ring (bicyclic) bond motifs is 1. The Labute approximate surface area is 173 Å². The second-order valence-corrected chi connectivity index (χ2v) is 10.0. The summed E-state index contributed by atoms with van der Waals surface area (Å²) in [5.41, 5.74) is 1.40. The molecule has 1 N–H and O–H groups in total. The molecule has 7 heteroatoms. The van der Waals surface area contributed by atoms with E-state index < -0.39 is 5.60 Å². The van der Waals surface area contributed by atoms with E-state index in [9.17, 15) is 4.79 Å². The maximum absolute atomic E-state index is 13.0. The summed E-state index contributed by atoms with van der Waals surface area (Å²) in [5, 5.41) is 0. The molecule has 2 atom stereocenters. The lowest BCUT2D eigenvalue weighted by Gasteiger charge is -2.33. The Hall–Kier alpha value is -1.35. The molecule has 1 amide bonds. The number of H-pyrrole nitrogens is 1. The minimum atomic E-state index is -0.523. The molecule has 2 saturated heterocycles. The van der Waals surface area contributed by atoms with Crippen molar-refractivity contribution in [2.24, 2.45) is 5.41 Å². The average molecular weight is 483 g/mol. The van der Waals surface area contributed by atoms with E-state index in [2.05, 4.69) is 33.6 Å². The number of aromatic nitrogens is 2. The van der Waals surface area contributed by atoms with Gasteiger partial charge in [0.25, 0.3) is 0 Å². The van der Waals surface area contributed by atoms with Crippen molar-refractivity contribution < 1.29 is 14.3 Å². The van der Waals surface area contributed by atoms with Gasteiger partial charge in [-0.3, -0.25) is 4.90 Å². The molecule has 6 nitrogen and oxygen atoms in total. The van der Waals surface area contributed by atoms with Gasteiger partial charge in [-0.1, -0.05) is 0 Å². The highest BCUT2D eigenvalue weighted by Crippen LogP contribution is 2.47. The molecular weight excluding hydrogens is 457 g/mol. The number of hydrogen-bond donors (Lipinski definition) is 1. The van der Waals surface area contributed by atoms with Gasteiger partial charge in [-0.25, -0.2) is 9.78 Å². The lowest BCUT2D eigenvalue weighted by atomic mass is 9.80. The van der Waals surface area contributed by atoms with Crippen molar-refractivity contribution >= 4 is 39.7 Å². The van der Waals surface area contributed by atoms with Crippen LogP contribution in [0.15, 0.2) is 18.2 Å². The number of aromatic amines is 1. The minimum absolute atomic E-state index is 0.00673. The van der Waals surface area contributed by atoms with Crippen molar-refractivity contribution in [2.45, 2.75) is 51.7 Å². The molecule has 27 heavy (non-hydrogen) atoms. The largest absolute Gasteiger partial charge is 0.444 e. The number of benzene rings is 1. The Kier molecular flexibility index (Phi) is 4.86. The zero-order chi connectivity index (χ0) is 19.2. The van der Waals surface area contributed by atoms with Crippen molar-refractivity contribution in [2.75, 3.05) is 19.8 Å². The Morgan fingerprint density at radius 3 is 2.96 bits per heavy atom. The fraction of sp³-hybridized carbons (Fsp3) is 0.600. The van der Waals surface area contributed by atoms with E-state index in [1.807, 2.05) is 37.8 Å². The molecule has 1 aromatic carbocycles. The molecule has 2 aromatic rings. The number of carbonyl (C=O) groups excluding carboxylic acids is 1. The van der Waals surface area contributed by atoms with Crippen LogP contribution in [0.3, 0.4) is 0 Å². The second kappa shape index (κ2) is 6.92. The summed E-state index contributed by atoms with van der Waals surface area (Å²) in [6.45, 7) is 7.86. The third-order valence-corrected chi connectivity index (χ3v) is 5.99. The predicted molar refractivity (Wildman–Crippen MR) is 112 cm³/mol. The Morgan fingerprint density at radius 2 is 2.26 bits per heavy atom. The van der Waals surface area contributed by atoms with Gasteiger partial charge in [0.2, 0.25) is 0 Å². The van der Waals surface area contributed by atoms with Crippen LogP contribution in [-0.4, -0.2) is 46.3 Å². The number of hydrogen-bond acceptors (Lipinski definition) is 4. The molecule has 0 radical (unpaired) electrons. The molecule has 3 heterocycles. The molecule has 146 valence electrons. The van der Waals surface area contributed by atoms with Crippen LogP contribution >= 0.6 is 22.6 Å². The number of rotatable bonds is 1. The summed E-state index contributed by atoms with van der Waals surface area (Å²) in [5.74, 6) is 0.834. The molecule has 4 rings (SSSR count). The smallest absolute Gasteiger partial charge is 0.410 e. The van der Waals surface area contributed by atoms with Crippen molar-refractivity contribution in [1.82, 2.24) is 14.9 Å². The van der Waals surface area contributed by atoms with Crippen LogP contribution in [0.1, 0.15) is 51.9 Å². The first-order valence-electron chi connectivity index (χ1n) is 9.47. The Morgan fingerprint density at radius 1 is 1.44 bits per heavy atom. The van der Waals surface area contributed by atoms with Crippen LogP contribution in [0.4, 0.5) is 4.79 Å². The fourth-order valence-electron chi connectivity index (χ4n) is 4.17. The van der Waals surface area contributed by atoms with Crippen LogP contribution in [0.5, 0.6) is 0 Å². The van der Waals surface area contributed by atoms with Crippen molar-refractivity contribution in [1.29, 1.82) is 0 Å². The third-order valence-electron chi connectivity index (χ3n) is 5.32. The molecule has 0 unspecified atom stereocenters. The van der Waals surface area contributed by atoms with Crippen LogP contribution in [-0.2, 0) is 9.47 Å². The molecule has 0 aliphatic carbocycles. The zero-order valence-corrected chi connectivity index (χ0v) is 18.2. The summed E-state index contributed by atoms with van der Waals surface area (Å²) >= 11 is 2.30. The van der Waals surface area contributed by atoms with Crippen molar-refractivity contribution in [3.8, 4) is 0 Å². The van der Waals surface area contributed by atoms with E-state index in [0.717, 1.165) is 46.3 Å². The zero-order valence-electron chi connectivity index (χ0n) is 16.0. The number of ether oxygens (including phenoxy) is 2. The highest BCUT2D eigenvalue weighted by molar-refractivity contribution is 14.1. The van der Waals surface area contributed by atoms with E-state index in [4.69, 9.17) is 14.5 Å². The SMILES string of the molecule is CC(C)(C)OC(=O)N1C[C@@]2(CCCOC2)C[C@H]1c1nc2ccc(I)cc2[nH]1. The average Bonchev–Trinajstić information content (AvgIpc) is 3.15. The van der Waals surface area contributed by atoms with Gasteiger partial charge < -0.3 is 14.5 Å². The molecule has 2 aliphatic heterocycles. The molecule has 1 aromatic heterocycles. The van der Waals surface area contributed by atoms with Crippen LogP contribution in [0, 0.1) is 8.99 Å². The number of carbonyl (C=O) groups is 1. The first-order chi connectivity index (χ1) is 12.7. The number of halogens is 1. The maximum atomic E-state index is 13.0. The Balaban J connectivity index is 1.68. The second-order valence-electron chi connectivity index (χ2n) is 8.77. The summed E-state index contributed by atoms with van der Waals surface area (Å²) in [6, 6.07) is 6.03. The molecule has 1 spiro atoms. The number of likely N-dealkylation sites (tertiary alicyclic amines) is 1. The maximum Gasteiger partial charge on any atom is 0.410 e. The van der Waals surface area contributed by atoms with E-state index >= 15 is 0 Å². The van der Waals surface area contributed by atoms with Gasteiger partial charge in [-0.15, -0.1) is 0 Å². The summed E-state index contributed by atoms with van der Waals surface area (Å²) in [7, 11) is 0. The molecular formula is C20H26IN3O3. The van der Waals surface area contributed by atoms with Gasteiger partial charge in [0.15, 0.2) is 0 Å². The van der Waals surface area contributed by atoms with E-state index in [1.165, 1.54) is 0 Å². The molecule has 2 aliphatic rings. The van der Waals surface area contributed by atoms with Crippen molar-refractivity contribution in [3.05, 3.63) is 27.6 Å². The van der Waals surface area contributed by atoms with Crippen LogP contribution in [0.25, 0.3) is 11.0 Å². The molecule has 2 fully saturated rings. The van der Waals surface area contributed by atoms with Gasteiger partial charge in [0.05, 0.1) is 23.7 Å². The summed E-state index contributed by atoms with van der Waals surface area (Å²) in [6.07, 6.45) is 2.68. The normalized spacial score (nSPS) is 26.1. The molecule has 0 bridgehead atoms. The highest BCUT2D eigenvalue weighted by atomic mass is 127. The number of nitrogens with zero attached hydrogens (tertiary/aromatic N) is 2. The van der Waals surface area contributed by atoms with E-state index in [-0.39, 0.29) is 17.6 Å². The van der Waals surface area contributed by atoms with Crippen LogP contribution in [0.2, 0.25) is 0 Å². The third kappa shape index (κ3) is 3.94. The number of imidazole rings is 1. The van der Waals surface area contributed by atoms with Crippen molar-refractivity contribution in [3.63, 3.8) is 0 Å². The van der Waals surface area contributed by atoms with Gasteiger partial charge in [-0.05, 0) is 80.8 Å². The lowest BCUT2D eigenvalue weighted by Crippen LogP contribution is -2.40. The van der Waals surface area contributed by atoms with Gasteiger partial charge in [0.1, 0.15) is 11.4 Å². The predicted octanol–water partition coefficient (Wildman–Crippen LogP) is 4.65. The molecule has 0 saturated carbocycles. The summed E-state index contributed by atoms with van der Waals surface area (Å²) in [4.78, 5) is 23.0. The van der Waals surface area contributed by atoms with E-state index in [1.54, 1.807) is 0 Å². The first kappa shape index (κ1) is 19.0. The quantitative estimate of drug-likeness (QED) is 0.600. The number of nitrogens with one attached hydrogen (secondary N) is 1. The Bertz CT molecular complexity index is 852. The first-order valence-corrected chi connectivity index (χ1v) is 10.6. The highest BCUT2D eigenvalue weighted by Gasteiger charge is 2.49. The summed E-state index contributed by atoms with van der Waals surface area (Å²) < 4.78 is 12.6. The lowest BCUT2D eigenvalue weighted by molar-refractivity contribution is -0.00754. The van der Waals surface area contributed by atoms with Gasteiger partial charge >= 0.3 is 6.09 Å². The monoisotopic (exact) mass is 483 g/mol. The fourth-order valence-corrected chi connectivity index (χ4v) is 4.66. The topological polar surface area (TPSA) is 67.4 Å². The van der Waals surface area contributed by atoms with Crippen LogP contribution < -0.4 is 0 Å². The number of amides is 1. The van der Waals surface area contributed by atoms with Gasteiger partial charge in [-0.2, -0.15) is 0 Å². The van der Waals surface area contributed by atoms with Gasteiger partial charge in [0, 0.05) is 22.1 Å². The van der Waals surface area contributed by atoms with E-state index in [0.29, 0.717) is 13.2 Å². The minimum Gasteiger partial charge on any atom is -0.444 e. The standard InChI is InChI=1S/C20H26IN3O3/c1-19(2,3)27-18(25)24-11-20(7-4-8-26-12-20)10-16(24)17-22-14-6-5-13(21)9-15(14)23-17/h5-6,9,16H,4,7-8,10-12H2,1-3H3,(H,22,23)/t16-,20+/m0/s1.